The van der Waals surface area contributed by atoms with Crippen molar-refractivity contribution >= 4 is 5.91 Å². The predicted molar refractivity (Wildman–Crippen MR) is 46.3 cm³/mol. The van der Waals surface area contributed by atoms with E-state index < -0.39 is 0 Å². The molecule has 1 saturated carbocycles. The molecule has 1 aliphatic carbocycles. The second kappa shape index (κ2) is 3.90. The average molecular weight is 171 g/mol. The maximum absolute atomic E-state index is 11.5. The number of hydrogen-bond donors (Lipinski definition) is 1. The van der Waals surface area contributed by atoms with Crippen molar-refractivity contribution < 1.29 is 9.63 Å². The second-order valence-corrected chi connectivity index (χ2v) is 3.63. The molecule has 3 nitrogen and oxygen atoms in total. The van der Waals surface area contributed by atoms with E-state index in [9.17, 15) is 4.79 Å². The Morgan fingerprint density at radius 1 is 1.50 bits per heavy atom. The van der Waals surface area contributed by atoms with Crippen LogP contribution in [0.5, 0.6) is 0 Å². The van der Waals surface area contributed by atoms with E-state index in [1.165, 1.54) is 0 Å². The van der Waals surface area contributed by atoms with Gasteiger partial charge in [-0.25, -0.2) is 5.48 Å². The Hall–Kier alpha value is -0.570. The van der Waals surface area contributed by atoms with E-state index in [0.717, 1.165) is 25.7 Å². The maximum Gasteiger partial charge on any atom is 0.249 e. The highest BCUT2D eigenvalue weighted by Gasteiger charge is 2.36. The molecule has 70 valence electrons. The Kier molecular flexibility index (Phi) is 3.09. The van der Waals surface area contributed by atoms with E-state index in [4.69, 9.17) is 4.84 Å². The van der Waals surface area contributed by atoms with Gasteiger partial charge in [0.25, 0.3) is 0 Å². The normalized spacial score (nSPS) is 20.8. The van der Waals surface area contributed by atoms with E-state index in [1.807, 2.05) is 13.8 Å². The molecule has 12 heavy (non-hydrogen) atoms. The average Bonchev–Trinajstić information content (AvgIpc) is 2.49. The van der Waals surface area contributed by atoms with Gasteiger partial charge in [-0.3, -0.25) is 9.63 Å². The molecule has 0 aliphatic heterocycles. The molecule has 0 aromatic heterocycles. The highest BCUT2D eigenvalue weighted by molar-refractivity contribution is 5.81. The van der Waals surface area contributed by atoms with Crippen molar-refractivity contribution in [3.05, 3.63) is 0 Å². The summed E-state index contributed by atoms with van der Waals surface area (Å²) in [6, 6.07) is 0. The third kappa shape index (κ3) is 1.97. The zero-order valence-corrected chi connectivity index (χ0v) is 7.85. The van der Waals surface area contributed by atoms with Gasteiger partial charge < -0.3 is 0 Å². The van der Waals surface area contributed by atoms with Gasteiger partial charge in [0.05, 0.1) is 6.61 Å². The molecule has 0 heterocycles. The Morgan fingerprint density at radius 3 is 2.58 bits per heavy atom. The van der Waals surface area contributed by atoms with Gasteiger partial charge in [-0.2, -0.15) is 0 Å². The van der Waals surface area contributed by atoms with Crippen molar-refractivity contribution in [1.29, 1.82) is 0 Å². The van der Waals surface area contributed by atoms with Gasteiger partial charge in [-0.15, -0.1) is 0 Å². The summed E-state index contributed by atoms with van der Waals surface area (Å²) < 4.78 is 0. The number of hydroxylamine groups is 1. The lowest BCUT2D eigenvalue weighted by atomic mass is 9.88. The van der Waals surface area contributed by atoms with Gasteiger partial charge in [0.1, 0.15) is 0 Å². The minimum Gasteiger partial charge on any atom is -0.274 e. The Bertz CT molecular complexity index is 162. The number of carbonyl (C=O) groups excluding carboxylic acids is 1. The van der Waals surface area contributed by atoms with Crippen LogP contribution in [-0.4, -0.2) is 12.5 Å². The smallest absolute Gasteiger partial charge is 0.249 e. The van der Waals surface area contributed by atoms with Crippen LogP contribution in [0.25, 0.3) is 0 Å². The second-order valence-electron chi connectivity index (χ2n) is 3.63. The van der Waals surface area contributed by atoms with Gasteiger partial charge in [0.2, 0.25) is 5.91 Å². The van der Waals surface area contributed by atoms with Crippen molar-refractivity contribution in [3.63, 3.8) is 0 Å². The summed E-state index contributed by atoms with van der Waals surface area (Å²) in [5, 5.41) is 0. The lowest BCUT2D eigenvalue weighted by Gasteiger charge is -2.21. The number of amides is 1. The number of hydrogen-bond acceptors (Lipinski definition) is 2. The van der Waals surface area contributed by atoms with Crippen molar-refractivity contribution in [3.8, 4) is 0 Å². The van der Waals surface area contributed by atoms with E-state index in [0.29, 0.717) is 6.61 Å². The summed E-state index contributed by atoms with van der Waals surface area (Å²) in [6.07, 6.45) is 4.31. The lowest BCUT2D eigenvalue weighted by molar-refractivity contribution is -0.142. The van der Waals surface area contributed by atoms with Crippen LogP contribution >= 0.6 is 0 Å². The molecule has 0 unspecified atom stereocenters. The molecule has 0 radical (unpaired) electrons. The molecule has 1 aliphatic rings. The molecule has 0 aromatic rings. The molecule has 1 fully saturated rings. The molecular weight excluding hydrogens is 154 g/mol. The number of nitrogens with one attached hydrogen (secondary N) is 1. The Labute approximate surface area is 73.4 Å². The van der Waals surface area contributed by atoms with E-state index in [-0.39, 0.29) is 11.3 Å². The number of rotatable bonds is 3. The van der Waals surface area contributed by atoms with Crippen molar-refractivity contribution in [2.24, 2.45) is 5.41 Å². The van der Waals surface area contributed by atoms with Crippen LogP contribution in [0.4, 0.5) is 0 Å². The van der Waals surface area contributed by atoms with Crippen LogP contribution in [0.15, 0.2) is 0 Å². The van der Waals surface area contributed by atoms with E-state index >= 15 is 0 Å². The third-order valence-electron chi connectivity index (χ3n) is 2.56. The largest absolute Gasteiger partial charge is 0.274 e. The van der Waals surface area contributed by atoms with Gasteiger partial charge in [-0.05, 0) is 19.8 Å². The molecule has 1 rings (SSSR count). The molecule has 3 heteroatoms. The van der Waals surface area contributed by atoms with Crippen LogP contribution in [0.1, 0.15) is 39.5 Å². The first kappa shape index (κ1) is 9.52. The molecule has 0 spiro atoms. The third-order valence-corrected chi connectivity index (χ3v) is 2.56. The molecule has 1 N–H and O–H groups in total. The molecule has 0 atom stereocenters. The van der Waals surface area contributed by atoms with Crippen molar-refractivity contribution in [2.75, 3.05) is 6.61 Å². The summed E-state index contributed by atoms with van der Waals surface area (Å²) in [5.74, 6) is 0.0434. The van der Waals surface area contributed by atoms with Gasteiger partial charge >= 0.3 is 0 Å². The summed E-state index contributed by atoms with van der Waals surface area (Å²) in [5.41, 5.74) is 2.30. The van der Waals surface area contributed by atoms with Crippen LogP contribution in [0.2, 0.25) is 0 Å². The first-order valence-electron chi connectivity index (χ1n) is 4.61. The molecular formula is C9H17NO2. The van der Waals surface area contributed by atoms with Crippen LogP contribution in [0, 0.1) is 5.41 Å². The van der Waals surface area contributed by atoms with Crippen molar-refractivity contribution in [2.45, 2.75) is 39.5 Å². The fourth-order valence-electron chi connectivity index (χ4n) is 1.64. The minimum atomic E-state index is -0.171. The maximum atomic E-state index is 11.5. The SMILES string of the molecule is CCONC(=O)C1(C)CCCC1. The fourth-order valence-corrected chi connectivity index (χ4v) is 1.64. The monoisotopic (exact) mass is 171 g/mol. The van der Waals surface area contributed by atoms with Gasteiger partial charge in [-0.1, -0.05) is 19.8 Å². The predicted octanol–water partition coefficient (Wildman–Crippen LogP) is 1.63. The first-order valence-corrected chi connectivity index (χ1v) is 4.61. The summed E-state index contributed by atoms with van der Waals surface area (Å²) >= 11 is 0. The number of carbonyl (C=O) groups is 1. The molecule has 0 aromatic carbocycles. The summed E-state index contributed by atoms with van der Waals surface area (Å²) in [4.78, 5) is 16.4. The topological polar surface area (TPSA) is 38.3 Å². The Balaban J connectivity index is 2.39. The summed E-state index contributed by atoms with van der Waals surface area (Å²) in [7, 11) is 0. The summed E-state index contributed by atoms with van der Waals surface area (Å²) in [6.45, 7) is 4.40. The van der Waals surface area contributed by atoms with Crippen LogP contribution in [0.3, 0.4) is 0 Å². The van der Waals surface area contributed by atoms with E-state index in [2.05, 4.69) is 5.48 Å². The van der Waals surface area contributed by atoms with Crippen molar-refractivity contribution in [1.82, 2.24) is 5.48 Å². The molecule has 1 amide bonds. The lowest BCUT2D eigenvalue weighted by Crippen LogP contribution is -2.37. The zero-order valence-electron chi connectivity index (χ0n) is 7.85. The highest BCUT2D eigenvalue weighted by Crippen LogP contribution is 2.37. The quantitative estimate of drug-likeness (QED) is 0.655. The Morgan fingerprint density at radius 2 is 2.08 bits per heavy atom. The first-order chi connectivity index (χ1) is 5.69. The van der Waals surface area contributed by atoms with Gasteiger partial charge in [0, 0.05) is 5.41 Å². The van der Waals surface area contributed by atoms with Crippen LogP contribution < -0.4 is 5.48 Å². The highest BCUT2D eigenvalue weighted by atomic mass is 16.6. The standard InChI is InChI=1S/C9H17NO2/c1-3-12-10-8(11)9(2)6-4-5-7-9/h3-7H2,1-2H3,(H,10,11). The zero-order chi connectivity index (χ0) is 9.03. The minimum absolute atomic E-state index is 0.0434. The van der Waals surface area contributed by atoms with Crippen LogP contribution in [-0.2, 0) is 9.63 Å². The molecule has 0 bridgehead atoms. The van der Waals surface area contributed by atoms with E-state index in [1.54, 1.807) is 0 Å². The fraction of sp³-hybridized carbons (Fsp3) is 0.889. The van der Waals surface area contributed by atoms with Gasteiger partial charge in [0.15, 0.2) is 0 Å². The molecule has 0 saturated heterocycles.